The van der Waals surface area contributed by atoms with Gasteiger partial charge in [0, 0.05) is 49.9 Å². The zero-order chi connectivity index (χ0) is 25.4. The molecule has 3 aromatic rings. The van der Waals surface area contributed by atoms with Crippen molar-refractivity contribution in [1.82, 2.24) is 10.3 Å². The average Bonchev–Trinajstić information content (AvgIpc) is 2.85. The molecule has 0 radical (unpaired) electrons. The van der Waals surface area contributed by atoms with Gasteiger partial charge in [-0.25, -0.2) is 18.2 Å². The number of amides is 1. The minimum absolute atomic E-state index is 0.0383. The summed E-state index contributed by atoms with van der Waals surface area (Å²) in [6.07, 6.45) is 0.277. The van der Waals surface area contributed by atoms with Gasteiger partial charge in [0.15, 0.2) is 18.2 Å². The number of fused-ring (bicyclic) bond motifs is 1. The topological polar surface area (TPSA) is 57.7 Å². The molecular formula is C27H27F3N4O2. The molecule has 2 aliphatic rings. The number of carbonyl (C=O) groups excluding carboxylic acids is 1. The lowest BCUT2D eigenvalue weighted by molar-refractivity contribution is -0.121. The molecule has 0 aliphatic carbocycles. The summed E-state index contributed by atoms with van der Waals surface area (Å²) in [6.45, 7) is 6.45. The molecule has 0 unspecified atom stereocenters. The molecule has 36 heavy (non-hydrogen) atoms. The number of rotatable bonds is 5. The van der Waals surface area contributed by atoms with E-state index in [-0.39, 0.29) is 53.5 Å². The summed E-state index contributed by atoms with van der Waals surface area (Å²) in [7, 11) is 0. The number of benzene rings is 2. The van der Waals surface area contributed by atoms with Crippen LogP contribution in [0.25, 0.3) is 11.3 Å². The average molecular weight is 497 g/mol. The van der Waals surface area contributed by atoms with Crippen molar-refractivity contribution in [1.29, 1.82) is 0 Å². The summed E-state index contributed by atoms with van der Waals surface area (Å²) in [5.41, 5.74) is 2.14. The van der Waals surface area contributed by atoms with Gasteiger partial charge in [0.1, 0.15) is 17.3 Å². The lowest BCUT2D eigenvalue weighted by atomic mass is 10.0. The summed E-state index contributed by atoms with van der Waals surface area (Å²) in [6, 6.07) is 10.3. The predicted molar refractivity (Wildman–Crippen MR) is 132 cm³/mol. The number of hydrogen-bond donors (Lipinski definition) is 1. The monoisotopic (exact) mass is 496 g/mol. The van der Waals surface area contributed by atoms with Crippen molar-refractivity contribution in [3.05, 3.63) is 71.2 Å². The van der Waals surface area contributed by atoms with Gasteiger partial charge in [-0.1, -0.05) is 6.07 Å². The minimum atomic E-state index is -0.696. The van der Waals surface area contributed by atoms with Crippen LogP contribution in [0.15, 0.2) is 42.5 Å². The van der Waals surface area contributed by atoms with E-state index in [2.05, 4.69) is 10.3 Å². The van der Waals surface area contributed by atoms with E-state index >= 15 is 0 Å². The van der Waals surface area contributed by atoms with Crippen molar-refractivity contribution < 1.29 is 22.7 Å². The van der Waals surface area contributed by atoms with E-state index in [9.17, 15) is 18.0 Å². The molecule has 2 aromatic carbocycles. The molecule has 5 rings (SSSR count). The molecule has 0 atom stereocenters. The smallest absolute Gasteiger partial charge is 0.265 e. The summed E-state index contributed by atoms with van der Waals surface area (Å²) in [5.74, 6) is -1.98. The van der Waals surface area contributed by atoms with Crippen molar-refractivity contribution in [3.63, 3.8) is 0 Å². The quantitative estimate of drug-likeness (QED) is 0.571. The fourth-order valence-electron chi connectivity index (χ4n) is 4.76. The molecule has 2 aliphatic heterocycles. The van der Waals surface area contributed by atoms with E-state index in [0.29, 0.717) is 16.9 Å². The fraction of sp³-hybridized carbons (Fsp3) is 0.333. The van der Waals surface area contributed by atoms with Crippen LogP contribution in [0.4, 0.5) is 24.5 Å². The Morgan fingerprint density at radius 2 is 1.75 bits per heavy atom. The first-order valence-electron chi connectivity index (χ1n) is 12.0. The van der Waals surface area contributed by atoms with Gasteiger partial charge in [0.25, 0.3) is 5.91 Å². The van der Waals surface area contributed by atoms with E-state index in [4.69, 9.17) is 4.74 Å². The third kappa shape index (κ3) is 4.63. The molecule has 0 spiro atoms. The van der Waals surface area contributed by atoms with Crippen LogP contribution in [0.5, 0.6) is 5.75 Å². The van der Waals surface area contributed by atoms with Gasteiger partial charge in [-0.2, -0.15) is 0 Å². The van der Waals surface area contributed by atoms with E-state index in [1.807, 2.05) is 24.8 Å². The molecule has 9 heteroatoms. The standard InChI is InChI=1S/C27H27F3N4O2/c1-16(2)34-24-14-18(13-22(30)27(24)36-15-25(34)35)26-20(28)5-4-19(32-26)11-17-3-6-23(21(29)12-17)33-9-7-31-8-10-33/h3-6,12-14,16,31H,7-11,15H2,1-2H3. The van der Waals surface area contributed by atoms with E-state index < -0.39 is 11.6 Å². The summed E-state index contributed by atoms with van der Waals surface area (Å²) in [4.78, 5) is 20.3. The lowest BCUT2D eigenvalue weighted by Gasteiger charge is -2.33. The van der Waals surface area contributed by atoms with Gasteiger partial charge in [0.2, 0.25) is 0 Å². The Balaban J connectivity index is 1.45. The van der Waals surface area contributed by atoms with Crippen molar-refractivity contribution in [2.24, 2.45) is 0 Å². The highest BCUT2D eigenvalue weighted by atomic mass is 19.1. The maximum absolute atomic E-state index is 14.9. The molecule has 0 saturated carbocycles. The first kappa shape index (κ1) is 24.1. The molecule has 1 amide bonds. The van der Waals surface area contributed by atoms with Gasteiger partial charge in [-0.15, -0.1) is 0 Å². The Hall–Kier alpha value is -3.59. The first-order valence-corrected chi connectivity index (χ1v) is 12.0. The summed E-state index contributed by atoms with van der Waals surface area (Å²) >= 11 is 0. The van der Waals surface area contributed by atoms with Crippen LogP contribution < -0.4 is 19.9 Å². The van der Waals surface area contributed by atoms with Crippen LogP contribution in [0, 0.1) is 17.5 Å². The predicted octanol–water partition coefficient (Wildman–Crippen LogP) is 4.30. The molecule has 3 heterocycles. The number of hydrogen-bond acceptors (Lipinski definition) is 5. The SMILES string of the molecule is CC(C)N1C(=O)COc2c(F)cc(-c3nc(Cc4ccc(N5CCNCC5)c(F)c4)ccc3F)cc21. The molecule has 1 N–H and O–H groups in total. The van der Waals surface area contributed by atoms with E-state index in [0.717, 1.165) is 32.2 Å². The molecule has 6 nitrogen and oxygen atoms in total. The Bertz CT molecular complexity index is 1310. The Kier molecular flexibility index (Phi) is 6.57. The lowest BCUT2D eigenvalue weighted by Crippen LogP contribution is -2.43. The van der Waals surface area contributed by atoms with Gasteiger partial charge in [-0.05, 0) is 55.8 Å². The highest BCUT2D eigenvalue weighted by Gasteiger charge is 2.31. The summed E-state index contributed by atoms with van der Waals surface area (Å²) in [5, 5.41) is 3.25. The number of anilines is 2. The number of nitrogens with zero attached hydrogens (tertiary/aromatic N) is 3. The molecule has 188 valence electrons. The van der Waals surface area contributed by atoms with Crippen molar-refractivity contribution >= 4 is 17.3 Å². The van der Waals surface area contributed by atoms with Crippen LogP contribution >= 0.6 is 0 Å². The molecular weight excluding hydrogens is 469 g/mol. The minimum Gasteiger partial charge on any atom is -0.478 e. The van der Waals surface area contributed by atoms with Crippen LogP contribution in [-0.2, 0) is 11.2 Å². The third-order valence-electron chi connectivity index (χ3n) is 6.44. The van der Waals surface area contributed by atoms with Crippen molar-refractivity contribution in [2.75, 3.05) is 42.6 Å². The normalized spacial score (nSPS) is 15.8. The molecule has 1 aromatic heterocycles. The number of carbonyl (C=O) groups is 1. The second-order valence-corrected chi connectivity index (χ2v) is 9.29. The van der Waals surface area contributed by atoms with Crippen molar-refractivity contribution in [2.45, 2.75) is 26.3 Å². The maximum Gasteiger partial charge on any atom is 0.265 e. The van der Waals surface area contributed by atoms with Gasteiger partial charge < -0.3 is 19.9 Å². The fourth-order valence-corrected chi connectivity index (χ4v) is 4.76. The summed E-state index contributed by atoms with van der Waals surface area (Å²) < 4.78 is 49.9. The Labute approximate surface area is 207 Å². The second-order valence-electron chi connectivity index (χ2n) is 9.29. The molecule has 0 bridgehead atoms. The Morgan fingerprint density at radius 3 is 2.47 bits per heavy atom. The molecule has 1 fully saturated rings. The largest absolute Gasteiger partial charge is 0.478 e. The maximum atomic E-state index is 14.9. The molecule has 1 saturated heterocycles. The zero-order valence-corrected chi connectivity index (χ0v) is 20.2. The van der Waals surface area contributed by atoms with Crippen molar-refractivity contribution in [3.8, 4) is 17.0 Å². The number of aromatic nitrogens is 1. The third-order valence-corrected chi connectivity index (χ3v) is 6.44. The number of halogens is 3. The van der Waals surface area contributed by atoms with Gasteiger partial charge in [-0.3, -0.25) is 4.79 Å². The van der Waals surface area contributed by atoms with Crippen LogP contribution in [0.2, 0.25) is 0 Å². The highest BCUT2D eigenvalue weighted by molar-refractivity contribution is 5.99. The van der Waals surface area contributed by atoms with E-state index in [1.54, 1.807) is 6.07 Å². The number of piperazine rings is 1. The van der Waals surface area contributed by atoms with Crippen LogP contribution in [0.1, 0.15) is 25.1 Å². The number of ether oxygens (including phenoxy) is 1. The van der Waals surface area contributed by atoms with Crippen LogP contribution in [-0.4, -0.2) is 49.7 Å². The van der Waals surface area contributed by atoms with Gasteiger partial charge >= 0.3 is 0 Å². The van der Waals surface area contributed by atoms with Crippen LogP contribution in [0.3, 0.4) is 0 Å². The Morgan fingerprint density at radius 1 is 0.972 bits per heavy atom. The number of nitrogens with one attached hydrogen (secondary N) is 1. The van der Waals surface area contributed by atoms with Gasteiger partial charge in [0.05, 0.1) is 11.4 Å². The first-order chi connectivity index (χ1) is 17.3. The zero-order valence-electron chi connectivity index (χ0n) is 20.2. The highest BCUT2D eigenvalue weighted by Crippen LogP contribution is 2.39. The second kappa shape index (κ2) is 9.81. The number of pyridine rings is 1. The van der Waals surface area contributed by atoms with E-state index in [1.165, 1.54) is 29.2 Å².